The van der Waals surface area contributed by atoms with Crippen LogP contribution in [0.2, 0.25) is 0 Å². The summed E-state index contributed by atoms with van der Waals surface area (Å²) in [5, 5.41) is 3.60. The molecule has 2 fully saturated rings. The van der Waals surface area contributed by atoms with Crippen molar-refractivity contribution in [1.82, 2.24) is 15.1 Å². The third-order valence-corrected chi connectivity index (χ3v) is 4.39. The molecule has 0 spiro atoms. The molecule has 3 heteroatoms. The molecule has 1 aliphatic heterocycles. The summed E-state index contributed by atoms with van der Waals surface area (Å²) >= 11 is 0. The number of nitrogens with one attached hydrogen (secondary N) is 1. The van der Waals surface area contributed by atoms with E-state index in [9.17, 15) is 0 Å². The van der Waals surface area contributed by atoms with Gasteiger partial charge in [0, 0.05) is 25.2 Å². The van der Waals surface area contributed by atoms with E-state index in [1.165, 1.54) is 52.0 Å². The summed E-state index contributed by atoms with van der Waals surface area (Å²) in [7, 11) is 2.25. The van der Waals surface area contributed by atoms with Crippen LogP contribution in [0, 0.1) is 5.92 Å². The maximum absolute atomic E-state index is 3.60. The lowest BCUT2D eigenvalue weighted by atomic mass is 9.78. The van der Waals surface area contributed by atoms with Crippen molar-refractivity contribution in [2.75, 3.05) is 39.8 Å². The van der Waals surface area contributed by atoms with Crippen molar-refractivity contribution in [3.63, 3.8) is 0 Å². The van der Waals surface area contributed by atoms with E-state index in [-0.39, 0.29) is 0 Å². The molecule has 1 saturated heterocycles. The summed E-state index contributed by atoms with van der Waals surface area (Å²) in [5.41, 5.74) is 0. The third kappa shape index (κ3) is 3.67. The normalized spacial score (nSPS) is 32.5. The van der Waals surface area contributed by atoms with Crippen LogP contribution >= 0.6 is 0 Å². The van der Waals surface area contributed by atoms with Crippen molar-refractivity contribution in [2.45, 2.75) is 45.2 Å². The Morgan fingerprint density at radius 3 is 2.59 bits per heavy atom. The van der Waals surface area contributed by atoms with E-state index in [2.05, 4.69) is 36.0 Å². The Morgan fingerprint density at radius 2 is 1.94 bits per heavy atom. The average molecular weight is 239 g/mol. The first-order valence-electron chi connectivity index (χ1n) is 7.33. The van der Waals surface area contributed by atoms with E-state index >= 15 is 0 Å². The molecule has 2 rings (SSSR count). The molecule has 0 aromatic carbocycles. The van der Waals surface area contributed by atoms with Gasteiger partial charge in [-0.05, 0) is 51.9 Å². The lowest BCUT2D eigenvalue weighted by Gasteiger charge is -2.44. The first-order chi connectivity index (χ1) is 8.16. The molecule has 0 bridgehead atoms. The van der Waals surface area contributed by atoms with Crippen LogP contribution < -0.4 is 5.32 Å². The van der Waals surface area contributed by atoms with Gasteiger partial charge in [0.15, 0.2) is 0 Å². The summed E-state index contributed by atoms with van der Waals surface area (Å²) in [5.74, 6) is 0.904. The minimum Gasteiger partial charge on any atom is -0.314 e. The molecule has 2 atom stereocenters. The molecule has 1 heterocycles. The van der Waals surface area contributed by atoms with Crippen LogP contribution in [-0.4, -0.2) is 61.7 Å². The van der Waals surface area contributed by atoms with Gasteiger partial charge in [0.05, 0.1) is 0 Å². The Hall–Kier alpha value is -0.120. The van der Waals surface area contributed by atoms with E-state index in [0.717, 1.165) is 12.0 Å². The quantitative estimate of drug-likeness (QED) is 0.800. The first kappa shape index (κ1) is 13.3. The molecule has 2 aliphatic rings. The molecular weight excluding hydrogens is 210 g/mol. The van der Waals surface area contributed by atoms with Crippen molar-refractivity contribution in [2.24, 2.45) is 5.92 Å². The molecule has 1 N–H and O–H groups in total. The Kier molecular flexibility index (Phi) is 4.83. The second-order valence-electron chi connectivity index (χ2n) is 6.16. The van der Waals surface area contributed by atoms with E-state index < -0.39 is 0 Å². The Balaban J connectivity index is 1.77. The molecule has 0 aromatic heterocycles. The zero-order valence-corrected chi connectivity index (χ0v) is 11.8. The highest BCUT2D eigenvalue weighted by molar-refractivity contribution is 4.91. The van der Waals surface area contributed by atoms with Crippen molar-refractivity contribution >= 4 is 0 Å². The number of nitrogens with zero attached hydrogens (tertiary/aromatic N) is 2. The largest absolute Gasteiger partial charge is 0.314 e. The summed E-state index contributed by atoms with van der Waals surface area (Å²) in [6, 6.07) is 1.50. The van der Waals surface area contributed by atoms with Gasteiger partial charge in [-0.15, -0.1) is 0 Å². The predicted octanol–water partition coefficient (Wildman–Crippen LogP) is 1.40. The van der Waals surface area contributed by atoms with Gasteiger partial charge in [-0.2, -0.15) is 0 Å². The molecule has 17 heavy (non-hydrogen) atoms. The fourth-order valence-corrected chi connectivity index (χ4v) is 3.06. The van der Waals surface area contributed by atoms with Gasteiger partial charge in [0.2, 0.25) is 0 Å². The van der Waals surface area contributed by atoms with E-state index in [4.69, 9.17) is 0 Å². The van der Waals surface area contributed by atoms with E-state index in [0.29, 0.717) is 6.04 Å². The zero-order chi connectivity index (χ0) is 12.3. The second kappa shape index (κ2) is 6.17. The van der Waals surface area contributed by atoms with Crippen molar-refractivity contribution in [3.8, 4) is 0 Å². The lowest BCUT2D eigenvalue weighted by Crippen LogP contribution is -2.52. The fourth-order valence-electron chi connectivity index (χ4n) is 3.06. The number of likely N-dealkylation sites (N-methyl/N-ethyl adjacent to an activating group) is 1. The first-order valence-corrected chi connectivity index (χ1v) is 7.33. The highest BCUT2D eigenvalue weighted by Gasteiger charge is 2.35. The maximum Gasteiger partial charge on any atom is 0.0136 e. The highest BCUT2D eigenvalue weighted by Crippen LogP contribution is 2.32. The van der Waals surface area contributed by atoms with Gasteiger partial charge in [-0.1, -0.05) is 13.8 Å². The summed E-state index contributed by atoms with van der Waals surface area (Å²) in [6.07, 6.45) is 4.20. The third-order valence-electron chi connectivity index (χ3n) is 4.39. The van der Waals surface area contributed by atoms with Gasteiger partial charge >= 0.3 is 0 Å². The van der Waals surface area contributed by atoms with Gasteiger partial charge < -0.3 is 10.2 Å². The van der Waals surface area contributed by atoms with Gasteiger partial charge in [0.25, 0.3) is 0 Å². The minimum atomic E-state index is 0.631. The molecule has 100 valence electrons. The average Bonchev–Trinajstić information content (AvgIpc) is 2.42. The highest BCUT2D eigenvalue weighted by atomic mass is 15.2. The van der Waals surface area contributed by atoms with Crippen molar-refractivity contribution in [3.05, 3.63) is 0 Å². The van der Waals surface area contributed by atoms with Crippen LogP contribution in [0.1, 0.15) is 33.1 Å². The topological polar surface area (TPSA) is 18.5 Å². The molecule has 2 unspecified atom stereocenters. The summed E-state index contributed by atoms with van der Waals surface area (Å²) < 4.78 is 0. The van der Waals surface area contributed by atoms with Gasteiger partial charge in [0.1, 0.15) is 0 Å². The fraction of sp³-hybridized carbons (Fsp3) is 1.00. The second-order valence-corrected chi connectivity index (χ2v) is 6.16. The van der Waals surface area contributed by atoms with Crippen LogP contribution in [0.25, 0.3) is 0 Å². The standard InChI is InChI=1S/C14H29N3/c1-12(2)15-11-13-5-6-14(13)17-8-4-7-16(3)9-10-17/h12-15H,4-11H2,1-3H3. The minimum absolute atomic E-state index is 0.631. The molecule has 1 saturated carbocycles. The monoisotopic (exact) mass is 239 g/mol. The van der Waals surface area contributed by atoms with Gasteiger partial charge in [-0.25, -0.2) is 0 Å². The Bertz CT molecular complexity index is 230. The van der Waals surface area contributed by atoms with Crippen LogP contribution in [0.4, 0.5) is 0 Å². The molecule has 0 amide bonds. The Morgan fingerprint density at radius 1 is 1.12 bits per heavy atom. The lowest BCUT2D eigenvalue weighted by molar-refractivity contribution is 0.0642. The van der Waals surface area contributed by atoms with E-state index in [1.807, 2.05) is 0 Å². The van der Waals surface area contributed by atoms with Crippen LogP contribution in [-0.2, 0) is 0 Å². The number of rotatable bonds is 4. The smallest absolute Gasteiger partial charge is 0.0136 e. The zero-order valence-electron chi connectivity index (χ0n) is 11.8. The predicted molar refractivity (Wildman–Crippen MR) is 73.3 cm³/mol. The van der Waals surface area contributed by atoms with E-state index in [1.54, 1.807) is 0 Å². The van der Waals surface area contributed by atoms with Gasteiger partial charge in [-0.3, -0.25) is 4.90 Å². The summed E-state index contributed by atoms with van der Waals surface area (Å²) in [6.45, 7) is 10.8. The van der Waals surface area contributed by atoms with Crippen molar-refractivity contribution in [1.29, 1.82) is 0 Å². The molecule has 0 aromatic rings. The molecule has 0 radical (unpaired) electrons. The summed E-state index contributed by atoms with van der Waals surface area (Å²) in [4.78, 5) is 5.22. The number of hydrogen-bond donors (Lipinski definition) is 1. The SMILES string of the molecule is CC(C)NCC1CCC1N1CCCN(C)CC1. The number of hydrogen-bond acceptors (Lipinski definition) is 3. The maximum atomic E-state index is 3.60. The molecule has 1 aliphatic carbocycles. The van der Waals surface area contributed by atoms with Crippen LogP contribution in [0.15, 0.2) is 0 Å². The van der Waals surface area contributed by atoms with Crippen molar-refractivity contribution < 1.29 is 0 Å². The Labute approximate surface area is 107 Å². The molecule has 3 nitrogen and oxygen atoms in total. The van der Waals surface area contributed by atoms with Crippen LogP contribution in [0.5, 0.6) is 0 Å². The molecular formula is C14H29N3. The van der Waals surface area contributed by atoms with Crippen LogP contribution in [0.3, 0.4) is 0 Å².